The number of carbonyl (C=O) groups excluding carboxylic acids is 2. The molecule has 7 heteroatoms. The second-order valence-electron chi connectivity index (χ2n) is 9.43. The Morgan fingerprint density at radius 3 is 2.61 bits per heavy atom. The van der Waals surface area contributed by atoms with Crippen LogP contribution < -0.4 is 5.32 Å². The summed E-state index contributed by atoms with van der Waals surface area (Å²) in [6.07, 6.45) is 6.13. The van der Waals surface area contributed by atoms with E-state index in [2.05, 4.69) is 10.3 Å². The summed E-state index contributed by atoms with van der Waals surface area (Å²) in [6, 6.07) is 15.5. The van der Waals surface area contributed by atoms with Crippen molar-refractivity contribution in [1.82, 2.24) is 19.8 Å². The van der Waals surface area contributed by atoms with Gasteiger partial charge in [0, 0.05) is 17.6 Å². The van der Waals surface area contributed by atoms with Gasteiger partial charge in [-0.1, -0.05) is 55.1 Å². The lowest BCUT2D eigenvalue weighted by molar-refractivity contribution is -0.133. The fraction of sp³-hybridized carbons (Fsp3) is 0.423. The Kier molecular flexibility index (Phi) is 5.87. The number of rotatable bonds is 5. The maximum absolute atomic E-state index is 13.7. The summed E-state index contributed by atoms with van der Waals surface area (Å²) in [5, 5.41) is 3.95. The molecule has 0 unspecified atom stereocenters. The van der Waals surface area contributed by atoms with Crippen LogP contribution in [0.2, 0.25) is 5.02 Å². The summed E-state index contributed by atoms with van der Waals surface area (Å²) in [5.74, 6) is 0.116. The molecule has 0 radical (unpaired) electrons. The van der Waals surface area contributed by atoms with Crippen LogP contribution in [0.5, 0.6) is 0 Å². The predicted molar refractivity (Wildman–Crippen MR) is 129 cm³/mol. The number of fused-ring (bicyclic) bond motifs is 3. The van der Waals surface area contributed by atoms with Crippen molar-refractivity contribution < 1.29 is 9.59 Å². The monoisotopic (exact) mass is 464 g/mol. The highest BCUT2D eigenvalue weighted by Crippen LogP contribution is 2.31. The van der Waals surface area contributed by atoms with Crippen molar-refractivity contribution in [1.29, 1.82) is 0 Å². The van der Waals surface area contributed by atoms with Gasteiger partial charge < -0.3 is 14.8 Å². The Balaban J connectivity index is 1.48. The first-order valence-corrected chi connectivity index (χ1v) is 12.2. The lowest BCUT2D eigenvalue weighted by Crippen LogP contribution is -2.65. The minimum absolute atomic E-state index is 0.0812. The van der Waals surface area contributed by atoms with Gasteiger partial charge in [0.1, 0.15) is 5.54 Å². The smallest absolute Gasteiger partial charge is 0.290 e. The Bertz CT molecular complexity index is 1180. The van der Waals surface area contributed by atoms with Crippen LogP contribution in [0.3, 0.4) is 0 Å². The average Bonchev–Trinajstić information content (AvgIpc) is 3.19. The van der Waals surface area contributed by atoms with Gasteiger partial charge in [0.05, 0.1) is 17.6 Å². The van der Waals surface area contributed by atoms with Crippen LogP contribution in [0.4, 0.5) is 0 Å². The molecule has 172 valence electrons. The van der Waals surface area contributed by atoms with Crippen molar-refractivity contribution in [2.75, 3.05) is 6.54 Å². The zero-order chi connectivity index (χ0) is 23.0. The van der Waals surface area contributed by atoms with E-state index >= 15 is 0 Å². The highest BCUT2D eigenvalue weighted by molar-refractivity contribution is 6.30. The van der Waals surface area contributed by atoms with Crippen molar-refractivity contribution in [3.05, 3.63) is 64.9 Å². The summed E-state index contributed by atoms with van der Waals surface area (Å²) < 4.78 is 1.91. The lowest BCUT2D eigenvalue weighted by Gasteiger charge is -2.44. The van der Waals surface area contributed by atoms with Crippen LogP contribution in [-0.2, 0) is 17.8 Å². The first-order valence-electron chi connectivity index (χ1n) is 11.8. The lowest BCUT2D eigenvalue weighted by atomic mass is 9.91. The van der Waals surface area contributed by atoms with Gasteiger partial charge in [0.15, 0.2) is 5.82 Å². The first kappa shape index (κ1) is 22.0. The zero-order valence-corrected chi connectivity index (χ0v) is 19.6. The maximum Gasteiger partial charge on any atom is 0.290 e. The molecule has 1 fully saturated rings. The number of hydrogen-bond acceptors (Lipinski definition) is 3. The number of hydrogen-bond donors (Lipinski definition) is 1. The van der Waals surface area contributed by atoms with E-state index in [0.29, 0.717) is 30.4 Å². The normalized spacial score (nSPS) is 21.3. The molecule has 5 rings (SSSR count). The average molecular weight is 465 g/mol. The van der Waals surface area contributed by atoms with E-state index in [1.54, 1.807) is 4.90 Å². The van der Waals surface area contributed by atoms with Crippen LogP contribution in [0.25, 0.3) is 11.0 Å². The van der Waals surface area contributed by atoms with Crippen LogP contribution in [0.15, 0.2) is 48.5 Å². The molecule has 1 atom stereocenters. The van der Waals surface area contributed by atoms with Gasteiger partial charge in [0.2, 0.25) is 5.91 Å². The zero-order valence-electron chi connectivity index (χ0n) is 18.9. The molecule has 2 aromatic carbocycles. The molecule has 0 saturated heterocycles. The molecule has 2 heterocycles. The molecule has 1 aromatic heterocycles. The molecule has 0 spiro atoms. The van der Waals surface area contributed by atoms with Gasteiger partial charge in [-0.3, -0.25) is 9.59 Å². The first-order chi connectivity index (χ1) is 16.0. The van der Waals surface area contributed by atoms with Gasteiger partial charge in [-0.15, -0.1) is 0 Å². The summed E-state index contributed by atoms with van der Waals surface area (Å²) in [4.78, 5) is 33.8. The fourth-order valence-electron chi connectivity index (χ4n) is 5.16. The largest absolute Gasteiger partial charge is 0.351 e. The van der Waals surface area contributed by atoms with Crippen molar-refractivity contribution in [3.8, 4) is 0 Å². The van der Waals surface area contributed by atoms with Gasteiger partial charge in [-0.05, 0) is 56.0 Å². The number of benzene rings is 2. The number of halogens is 1. The maximum atomic E-state index is 13.7. The van der Waals surface area contributed by atoms with Crippen LogP contribution in [0, 0.1) is 0 Å². The molecule has 2 aliphatic rings. The Morgan fingerprint density at radius 2 is 1.85 bits per heavy atom. The van der Waals surface area contributed by atoms with Crippen LogP contribution in [0.1, 0.15) is 55.2 Å². The highest BCUT2D eigenvalue weighted by atomic mass is 35.5. The number of carbonyl (C=O) groups is 2. The fourth-order valence-corrected chi connectivity index (χ4v) is 5.29. The molecule has 2 amide bonds. The van der Waals surface area contributed by atoms with Crippen molar-refractivity contribution in [3.63, 3.8) is 0 Å². The molecular weight excluding hydrogens is 436 g/mol. The SMILES string of the molecule is C[C@]1(C(=O)NC2CCCCC2)Cn2c(nc3ccccc32)C(=O)N1CCc1ccc(Cl)cc1. The summed E-state index contributed by atoms with van der Waals surface area (Å²) in [6.45, 7) is 2.70. The molecule has 33 heavy (non-hydrogen) atoms. The van der Waals surface area contributed by atoms with Crippen molar-refractivity contribution in [2.24, 2.45) is 0 Å². The van der Waals surface area contributed by atoms with Gasteiger partial charge in [-0.2, -0.15) is 0 Å². The van der Waals surface area contributed by atoms with E-state index in [1.165, 1.54) is 6.42 Å². The number of amides is 2. The van der Waals surface area contributed by atoms with Crippen LogP contribution >= 0.6 is 11.6 Å². The number of para-hydroxylation sites is 2. The number of imidazole rings is 1. The molecule has 1 N–H and O–H groups in total. The third-order valence-electron chi connectivity index (χ3n) is 7.12. The molecule has 1 aliphatic heterocycles. The minimum atomic E-state index is -1.00. The van der Waals surface area contributed by atoms with E-state index in [4.69, 9.17) is 11.6 Å². The van der Waals surface area contributed by atoms with E-state index in [9.17, 15) is 9.59 Å². The van der Waals surface area contributed by atoms with Crippen molar-refractivity contribution >= 4 is 34.4 Å². The predicted octanol–water partition coefficient (Wildman–Crippen LogP) is 4.60. The van der Waals surface area contributed by atoms with Gasteiger partial charge >= 0.3 is 0 Å². The second kappa shape index (κ2) is 8.82. The van der Waals surface area contributed by atoms with E-state index in [0.717, 1.165) is 42.3 Å². The van der Waals surface area contributed by atoms with E-state index in [-0.39, 0.29) is 17.9 Å². The summed E-state index contributed by atoms with van der Waals surface area (Å²) >= 11 is 6.03. The third kappa shape index (κ3) is 4.12. The van der Waals surface area contributed by atoms with Crippen LogP contribution in [-0.4, -0.2) is 44.4 Å². The molecule has 1 aliphatic carbocycles. The third-order valence-corrected chi connectivity index (χ3v) is 7.37. The van der Waals surface area contributed by atoms with Crippen molar-refractivity contribution in [2.45, 2.75) is 63.6 Å². The number of nitrogens with one attached hydrogen (secondary N) is 1. The van der Waals surface area contributed by atoms with E-state index in [1.807, 2.05) is 60.0 Å². The molecule has 6 nitrogen and oxygen atoms in total. The Morgan fingerprint density at radius 1 is 1.12 bits per heavy atom. The molecular formula is C26H29ClN4O2. The van der Waals surface area contributed by atoms with Gasteiger partial charge in [-0.25, -0.2) is 4.98 Å². The summed E-state index contributed by atoms with van der Waals surface area (Å²) in [7, 11) is 0. The topological polar surface area (TPSA) is 67.2 Å². The number of aromatic nitrogens is 2. The Labute approximate surface area is 198 Å². The number of nitrogens with zero attached hydrogens (tertiary/aromatic N) is 3. The molecule has 1 saturated carbocycles. The standard InChI is InChI=1S/C26H29ClN4O2/c1-26(25(33)28-20-7-3-2-4-8-20)17-30-22-10-6-5-9-21(22)29-23(30)24(32)31(26)16-15-18-11-13-19(27)14-12-18/h5-6,9-14,20H,2-4,7-8,15-17H2,1H3,(H,28,33)/t26-/m1/s1. The van der Waals surface area contributed by atoms with E-state index < -0.39 is 5.54 Å². The molecule has 0 bridgehead atoms. The molecule has 3 aromatic rings. The highest BCUT2D eigenvalue weighted by Gasteiger charge is 2.48. The second-order valence-corrected chi connectivity index (χ2v) is 9.86. The minimum Gasteiger partial charge on any atom is -0.351 e. The summed E-state index contributed by atoms with van der Waals surface area (Å²) in [5.41, 5.74) is 1.73. The van der Waals surface area contributed by atoms with Gasteiger partial charge in [0.25, 0.3) is 5.91 Å². The quantitative estimate of drug-likeness (QED) is 0.600. The Hall–Kier alpha value is -2.86.